The fourth-order valence-corrected chi connectivity index (χ4v) is 5.61. The Bertz CT molecular complexity index is 739. The van der Waals surface area contributed by atoms with Crippen molar-refractivity contribution in [3.05, 3.63) is 23.8 Å². The summed E-state index contributed by atoms with van der Waals surface area (Å²) >= 11 is 1.43. The second kappa shape index (κ2) is 3.97. The minimum atomic E-state index is 0.0580. The predicted molar refractivity (Wildman–Crippen MR) is 83.1 cm³/mol. The van der Waals surface area contributed by atoms with Crippen molar-refractivity contribution in [1.82, 2.24) is 10.3 Å². The summed E-state index contributed by atoms with van der Waals surface area (Å²) in [4.78, 5) is 16.7. The number of amides is 1. The number of anilines is 1. The minimum Gasteiger partial charge on any atom is -0.375 e. The monoisotopic (exact) mass is 299 g/mol. The van der Waals surface area contributed by atoms with Gasteiger partial charge in [-0.05, 0) is 61.1 Å². The molecule has 3 N–H and O–H groups in total. The number of carbonyl (C=O) groups excluding carboxylic acids is 1. The number of hydrogen-bond acceptors (Lipinski definition) is 4. The van der Waals surface area contributed by atoms with Crippen molar-refractivity contribution in [2.75, 3.05) is 5.73 Å². The van der Waals surface area contributed by atoms with Gasteiger partial charge in [0.2, 0.25) is 0 Å². The van der Waals surface area contributed by atoms with Crippen LogP contribution in [0.25, 0.3) is 10.2 Å². The molecule has 4 nitrogen and oxygen atoms in total. The maximum absolute atomic E-state index is 12.5. The van der Waals surface area contributed by atoms with Gasteiger partial charge >= 0.3 is 0 Å². The summed E-state index contributed by atoms with van der Waals surface area (Å²) in [7, 11) is 0. The maximum atomic E-state index is 12.5. The van der Waals surface area contributed by atoms with E-state index in [1.807, 2.05) is 18.2 Å². The lowest BCUT2D eigenvalue weighted by molar-refractivity contribution is 0.0944. The Morgan fingerprint density at radius 1 is 1.29 bits per heavy atom. The Balaban J connectivity index is 1.36. The molecule has 5 rings (SSSR count). The van der Waals surface area contributed by atoms with Gasteiger partial charge in [-0.2, -0.15) is 0 Å². The first kappa shape index (κ1) is 12.0. The second-order valence-electron chi connectivity index (χ2n) is 6.72. The van der Waals surface area contributed by atoms with Crippen molar-refractivity contribution in [2.24, 2.45) is 23.7 Å². The average Bonchev–Trinajstić information content (AvgIpc) is 2.85. The first-order valence-corrected chi connectivity index (χ1v) is 8.49. The zero-order chi connectivity index (χ0) is 14.1. The van der Waals surface area contributed by atoms with Gasteiger partial charge in [0, 0.05) is 11.6 Å². The van der Waals surface area contributed by atoms with Crippen LogP contribution in [-0.2, 0) is 0 Å². The topological polar surface area (TPSA) is 68.0 Å². The van der Waals surface area contributed by atoms with Gasteiger partial charge in [-0.15, -0.1) is 0 Å². The molecule has 3 saturated carbocycles. The summed E-state index contributed by atoms with van der Waals surface area (Å²) in [6.45, 7) is 0. The number of carbonyl (C=O) groups is 1. The molecule has 0 radical (unpaired) electrons. The second-order valence-corrected chi connectivity index (χ2v) is 7.78. The van der Waals surface area contributed by atoms with E-state index < -0.39 is 0 Å². The highest BCUT2D eigenvalue weighted by molar-refractivity contribution is 7.22. The van der Waals surface area contributed by atoms with E-state index in [-0.39, 0.29) is 5.91 Å². The van der Waals surface area contributed by atoms with E-state index in [9.17, 15) is 4.79 Å². The van der Waals surface area contributed by atoms with Gasteiger partial charge in [-0.25, -0.2) is 4.98 Å². The SMILES string of the molecule is Nc1nc2ccc(C(=O)NC3C4C5CCC(C5)C34)cc2s1. The van der Waals surface area contributed by atoms with Crippen LogP contribution in [0.5, 0.6) is 0 Å². The van der Waals surface area contributed by atoms with Crippen molar-refractivity contribution >= 4 is 32.6 Å². The van der Waals surface area contributed by atoms with Crippen LogP contribution in [0.2, 0.25) is 0 Å². The first-order valence-electron chi connectivity index (χ1n) is 7.67. The van der Waals surface area contributed by atoms with Gasteiger partial charge in [0.1, 0.15) is 0 Å². The van der Waals surface area contributed by atoms with E-state index in [1.54, 1.807) is 0 Å². The Morgan fingerprint density at radius 3 is 2.81 bits per heavy atom. The van der Waals surface area contributed by atoms with Crippen LogP contribution in [0.15, 0.2) is 18.2 Å². The number of aromatic nitrogens is 1. The van der Waals surface area contributed by atoms with Crippen molar-refractivity contribution in [1.29, 1.82) is 0 Å². The number of nitrogen functional groups attached to an aromatic ring is 1. The molecule has 108 valence electrons. The van der Waals surface area contributed by atoms with Crippen LogP contribution in [0.4, 0.5) is 5.13 Å². The number of thiazole rings is 1. The lowest BCUT2D eigenvalue weighted by Gasteiger charge is -2.10. The van der Waals surface area contributed by atoms with Gasteiger partial charge in [-0.3, -0.25) is 4.79 Å². The molecule has 1 aromatic heterocycles. The molecule has 3 fully saturated rings. The zero-order valence-electron chi connectivity index (χ0n) is 11.6. The molecule has 3 aliphatic carbocycles. The largest absolute Gasteiger partial charge is 0.375 e. The summed E-state index contributed by atoms with van der Waals surface area (Å²) in [5.41, 5.74) is 7.31. The highest BCUT2D eigenvalue weighted by atomic mass is 32.1. The van der Waals surface area contributed by atoms with Crippen LogP contribution in [0.3, 0.4) is 0 Å². The Morgan fingerprint density at radius 2 is 2.05 bits per heavy atom. The fourth-order valence-electron chi connectivity index (χ4n) is 4.84. The minimum absolute atomic E-state index is 0.0580. The summed E-state index contributed by atoms with van der Waals surface area (Å²) in [6, 6.07) is 6.08. The standard InChI is InChI=1S/C16H17N3OS/c17-16-18-10-4-3-9(6-11(10)21-16)15(20)19-14-12-7-1-2-8(5-7)13(12)14/h3-4,6-8,12-14H,1-2,5H2,(H2,17,18)(H,19,20). The molecular formula is C16H17N3OS. The lowest BCUT2D eigenvalue weighted by atomic mass is 10.0. The number of nitrogens with two attached hydrogens (primary N) is 1. The highest BCUT2D eigenvalue weighted by Crippen LogP contribution is 2.65. The van der Waals surface area contributed by atoms with Crippen molar-refractivity contribution < 1.29 is 4.79 Å². The zero-order valence-corrected chi connectivity index (χ0v) is 12.4. The van der Waals surface area contributed by atoms with E-state index in [4.69, 9.17) is 5.73 Å². The summed E-state index contributed by atoms with van der Waals surface area (Å²) in [6.07, 6.45) is 4.17. The van der Waals surface area contributed by atoms with Crippen molar-refractivity contribution in [3.63, 3.8) is 0 Å². The number of fused-ring (bicyclic) bond motifs is 6. The van der Waals surface area contributed by atoms with E-state index in [0.717, 1.165) is 39.5 Å². The van der Waals surface area contributed by atoms with Crippen molar-refractivity contribution in [3.8, 4) is 0 Å². The summed E-state index contributed by atoms with van der Waals surface area (Å²) < 4.78 is 0.983. The van der Waals surface area contributed by atoms with Gasteiger partial charge < -0.3 is 11.1 Å². The van der Waals surface area contributed by atoms with Crippen LogP contribution in [-0.4, -0.2) is 16.9 Å². The van der Waals surface area contributed by atoms with Crippen LogP contribution in [0, 0.1) is 23.7 Å². The van der Waals surface area contributed by atoms with E-state index >= 15 is 0 Å². The molecule has 1 aromatic carbocycles. The molecular weight excluding hydrogens is 282 g/mol. The third-order valence-corrected chi connectivity index (χ3v) is 6.55. The normalized spacial score (nSPS) is 35.9. The predicted octanol–water partition coefficient (Wildman–Crippen LogP) is 2.65. The number of benzene rings is 1. The van der Waals surface area contributed by atoms with E-state index in [1.165, 1.54) is 30.6 Å². The summed E-state index contributed by atoms with van der Waals surface area (Å²) in [5.74, 6) is 3.37. The van der Waals surface area contributed by atoms with Gasteiger partial charge in [0.15, 0.2) is 5.13 Å². The molecule has 5 heteroatoms. The molecule has 4 unspecified atom stereocenters. The number of nitrogens with zero attached hydrogens (tertiary/aromatic N) is 1. The Kier molecular flexibility index (Phi) is 2.27. The molecule has 0 spiro atoms. The molecule has 2 aromatic rings. The maximum Gasteiger partial charge on any atom is 0.251 e. The third-order valence-electron chi connectivity index (χ3n) is 5.70. The molecule has 0 aliphatic heterocycles. The molecule has 21 heavy (non-hydrogen) atoms. The lowest BCUT2D eigenvalue weighted by Crippen LogP contribution is -2.29. The fraction of sp³-hybridized carbons (Fsp3) is 0.500. The molecule has 0 saturated heterocycles. The molecule has 3 aliphatic rings. The smallest absolute Gasteiger partial charge is 0.251 e. The van der Waals surface area contributed by atoms with Crippen LogP contribution in [0.1, 0.15) is 29.6 Å². The van der Waals surface area contributed by atoms with Gasteiger partial charge in [0.05, 0.1) is 10.2 Å². The Labute approximate surface area is 126 Å². The molecule has 2 bridgehead atoms. The highest BCUT2D eigenvalue weighted by Gasteiger charge is 2.65. The number of rotatable bonds is 2. The first-order chi connectivity index (χ1) is 10.2. The van der Waals surface area contributed by atoms with Gasteiger partial charge in [-0.1, -0.05) is 11.3 Å². The number of nitrogens with one attached hydrogen (secondary N) is 1. The van der Waals surface area contributed by atoms with Crippen LogP contribution < -0.4 is 11.1 Å². The van der Waals surface area contributed by atoms with E-state index in [0.29, 0.717) is 11.2 Å². The molecule has 4 atom stereocenters. The summed E-state index contributed by atoms with van der Waals surface area (Å²) in [5, 5.41) is 3.81. The van der Waals surface area contributed by atoms with E-state index in [2.05, 4.69) is 10.3 Å². The van der Waals surface area contributed by atoms with Gasteiger partial charge in [0.25, 0.3) is 5.91 Å². The number of hydrogen-bond donors (Lipinski definition) is 2. The Hall–Kier alpha value is -1.62. The third kappa shape index (κ3) is 1.67. The van der Waals surface area contributed by atoms with Crippen LogP contribution >= 0.6 is 11.3 Å². The quantitative estimate of drug-likeness (QED) is 0.896. The molecule has 1 heterocycles. The van der Waals surface area contributed by atoms with Crippen molar-refractivity contribution in [2.45, 2.75) is 25.3 Å². The molecule has 1 amide bonds. The average molecular weight is 299 g/mol.